The third kappa shape index (κ3) is 6.35. The van der Waals surface area contributed by atoms with Gasteiger partial charge in [0.15, 0.2) is 5.65 Å². The fraction of sp³-hybridized carbons (Fsp3) is 0.567. The number of hydrogen-bond donors (Lipinski definition) is 3. The molecule has 222 valence electrons. The predicted octanol–water partition coefficient (Wildman–Crippen LogP) is 4.75. The zero-order valence-corrected chi connectivity index (χ0v) is 25.1. The lowest BCUT2D eigenvalue weighted by atomic mass is 9.78. The van der Waals surface area contributed by atoms with Crippen molar-refractivity contribution in [2.45, 2.75) is 102 Å². The van der Waals surface area contributed by atoms with E-state index in [0.717, 1.165) is 36.5 Å². The number of imidazole rings is 1. The van der Waals surface area contributed by atoms with Gasteiger partial charge in [0, 0.05) is 42.6 Å². The molecule has 1 amide bonds. The van der Waals surface area contributed by atoms with Crippen molar-refractivity contribution in [3.63, 3.8) is 0 Å². The fourth-order valence-electron chi connectivity index (χ4n) is 6.35. The van der Waals surface area contributed by atoms with Gasteiger partial charge in [-0.05, 0) is 83.4 Å². The van der Waals surface area contributed by atoms with Crippen LogP contribution in [0.3, 0.4) is 0 Å². The van der Waals surface area contributed by atoms with Crippen LogP contribution >= 0.6 is 0 Å². The van der Waals surface area contributed by atoms with Crippen molar-refractivity contribution in [1.82, 2.24) is 24.0 Å². The SMILES string of the molecule is Cc1c(C(=O)N[C@H]2C[C@H](CC(=O)O)C2)cc(-c2ccc(S(=O)(=O)NC(C)(C)C)c3nccn23)n1CC1CCCCC1. The molecule has 0 atom stereocenters. The molecular formula is C30H41N5O5S. The summed E-state index contributed by atoms with van der Waals surface area (Å²) in [5.41, 5.74) is 2.72. The molecule has 10 nitrogen and oxygen atoms in total. The summed E-state index contributed by atoms with van der Waals surface area (Å²) in [4.78, 5) is 29.0. The highest BCUT2D eigenvalue weighted by Crippen LogP contribution is 2.34. The van der Waals surface area contributed by atoms with Crippen LogP contribution in [0.5, 0.6) is 0 Å². The summed E-state index contributed by atoms with van der Waals surface area (Å²) in [7, 11) is -3.83. The number of carboxylic acids is 1. The second kappa shape index (κ2) is 11.2. The van der Waals surface area contributed by atoms with Gasteiger partial charge in [0.25, 0.3) is 5.91 Å². The summed E-state index contributed by atoms with van der Waals surface area (Å²) >= 11 is 0. The van der Waals surface area contributed by atoms with Crippen molar-refractivity contribution in [3.05, 3.63) is 41.9 Å². The number of nitrogens with zero attached hydrogens (tertiary/aromatic N) is 3. The normalized spacial score (nSPS) is 20.2. The number of fused-ring (bicyclic) bond motifs is 1. The lowest BCUT2D eigenvalue weighted by molar-refractivity contribution is -0.138. The lowest BCUT2D eigenvalue weighted by Gasteiger charge is -2.34. The molecule has 3 heterocycles. The van der Waals surface area contributed by atoms with Crippen molar-refractivity contribution in [2.75, 3.05) is 0 Å². The topological polar surface area (TPSA) is 135 Å². The standard InChI is InChI=1S/C30H41N5O5S/c1-19-23(29(38)32-22-14-21(15-22)16-27(36)37)17-25(35(19)18-20-8-6-5-7-9-20)24-10-11-26(28-31-12-13-34(24)28)41(39,40)33-30(2,3)4/h10-13,17,20-22,33H,5-9,14-16,18H2,1-4H3,(H,32,38)(H,36,37)/t21-,22-. The molecule has 0 spiro atoms. The quantitative estimate of drug-likeness (QED) is 0.333. The highest BCUT2D eigenvalue weighted by Gasteiger charge is 2.33. The molecule has 3 aromatic rings. The van der Waals surface area contributed by atoms with E-state index in [-0.39, 0.29) is 29.2 Å². The number of amides is 1. The van der Waals surface area contributed by atoms with Crippen LogP contribution in [0.25, 0.3) is 17.0 Å². The minimum Gasteiger partial charge on any atom is -0.481 e. The Kier molecular flexibility index (Phi) is 8.04. The Morgan fingerprint density at radius 3 is 2.44 bits per heavy atom. The first kappa shape index (κ1) is 29.3. The highest BCUT2D eigenvalue weighted by molar-refractivity contribution is 7.89. The summed E-state index contributed by atoms with van der Waals surface area (Å²) in [6.45, 7) is 8.13. The fourth-order valence-corrected chi connectivity index (χ4v) is 7.90. The van der Waals surface area contributed by atoms with Gasteiger partial charge in [0.2, 0.25) is 10.0 Å². The second-order valence-electron chi connectivity index (χ2n) is 12.8. The van der Waals surface area contributed by atoms with E-state index in [4.69, 9.17) is 5.11 Å². The van der Waals surface area contributed by atoms with Crippen molar-refractivity contribution in [1.29, 1.82) is 0 Å². The molecule has 0 radical (unpaired) electrons. The molecule has 0 saturated heterocycles. The lowest BCUT2D eigenvalue weighted by Crippen LogP contribution is -2.44. The number of carboxylic acid groups (broad SMARTS) is 1. The predicted molar refractivity (Wildman–Crippen MR) is 156 cm³/mol. The van der Waals surface area contributed by atoms with Crippen LogP contribution in [0.4, 0.5) is 0 Å². The molecule has 0 unspecified atom stereocenters. The van der Waals surface area contributed by atoms with Gasteiger partial charge in [-0.2, -0.15) is 0 Å². The Balaban J connectivity index is 1.51. The molecule has 0 aromatic carbocycles. The van der Waals surface area contributed by atoms with Crippen LogP contribution < -0.4 is 10.0 Å². The van der Waals surface area contributed by atoms with E-state index in [2.05, 4.69) is 19.6 Å². The molecule has 2 aliphatic carbocycles. The molecule has 2 saturated carbocycles. The monoisotopic (exact) mass is 583 g/mol. The first-order chi connectivity index (χ1) is 19.3. The van der Waals surface area contributed by atoms with E-state index in [1.54, 1.807) is 49.7 Å². The number of carbonyl (C=O) groups excluding carboxylic acids is 1. The van der Waals surface area contributed by atoms with Gasteiger partial charge in [-0.1, -0.05) is 19.3 Å². The Bertz CT molecular complexity index is 1550. The number of sulfonamides is 1. The summed E-state index contributed by atoms with van der Waals surface area (Å²) < 4.78 is 33.2. The second-order valence-corrected chi connectivity index (χ2v) is 14.5. The molecule has 2 fully saturated rings. The number of nitrogens with one attached hydrogen (secondary N) is 2. The minimum absolute atomic E-state index is 0.0310. The molecule has 2 aliphatic rings. The number of hydrogen-bond acceptors (Lipinski definition) is 5. The number of aliphatic carboxylic acids is 1. The van der Waals surface area contributed by atoms with Gasteiger partial charge < -0.3 is 15.0 Å². The molecule has 0 bridgehead atoms. The molecule has 41 heavy (non-hydrogen) atoms. The van der Waals surface area contributed by atoms with Crippen LogP contribution in [0.1, 0.15) is 88.2 Å². The number of pyridine rings is 1. The Morgan fingerprint density at radius 2 is 1.78 bits per heavy atom. The van der Waals surface area contributed by atoms with Crippen molar-refractivity contribution in [3.8, 4) is 11.4 Å². The van der Waals surface area contributed by atoms with Crippen molar-refractivity contribution < 1.29 is 23.1 Å². The van der Waals surface area contributed by atoms with Gasteiger partial charge >= 0.3 is 5.97 Å². The van der Waals surface area contributed by atoms with Crippen molar-refractivity contribution >= 4 is 27.5 Å². The summed E-state index contributed by atoms with van der Waals surface area (Å²) in [5.74, 6) is -0.372. The van der Waals surface area contributed by atoms with E-state index >= 15 is 0 Å². The number of carbonyl (C=O) groups is 2. The van der Waals surface area contributed by atoms with E-state index in [9.17, 15) is 18.0 Å². The summed E-state index contributed by atoms with van der Waals surface area (Å²) in [6.07, 6.45) is 10.7. The van der Waals surface area contributed by atoms with E-state index < -0.39 is 21.5 Å². The van der Waals surface area contributed by atoms with Gasteiger partial charge in [0.1, 0.15) is 4.90 Å². The largest absolute Gasteiger partial charge is 0.481 e. The third-order valence-corrected chi connectivity index (χ3v) is 10.1. The first-order valence-electron chi connectivity index (χ1n) is 14.6. The van der Waals surface area contributed by atoms with Crippen LogP contribution in [-0.2, 0) is 21.4 Å². The van der Waals surface area contributed by atoms with E-state index in [1.165, 1.54) is 19.3 Å². The average molecular weight is 584 g/mol. The zero-order chi connectivity index (χ0) is 29.5. The number of rotatable bonds is 9. The minimum atomic E-state index is -3.83. The Hall–Kier alpha value is -3.18. The third-order valence-electron chi connectivity index (χ3n) is 8.32. The van der Waals surface area contributed by atoms with E-state index in [1.807, 2.05) is 13.0 Å². The maximum atomic E-state index is 13.5. The van der Waals surface area contributed by atoms with Gasteiger partial charge in [0.05, 0.1) is 17.0 Å². The van der Waals surface area contributed by atoms with Crippen molar-refractivity contribution in [2.24, 2.45) is 11.8 Å². The average Bonchev–Trinajstić information content (AvgIpc) is 3.46. The smallest absolute Gasteiger partial charge is 0.303 e. The zero-order valence-electron chi connectivity index (χ0n) is 24.3. The van der Waals surface area contributed by atoms with E-state index in [0.29, 0.717) is 30.0 Å². The van der Waals surface area contributed by atoms with Gasteiger partial charge in [-0.15, -0.1) is 0 Å². The molecule has 3 N–H and O–H groups in total. The van der Waals surface area contributed by atoms with Gasteiger partial charge in [-0.25, -0.2) is 18.1 Å². The first-order valence-corrected chi connectivity index (χ1v) is 16.0. The summed E-state index contributed by atoms with van der Waals surface area (Å²) in [5, 5.41) is 12.1. The summed E-state index contributed by atoms with van der Waals surface area (Å²) in [6, 6.07) is 5.26. The Labute approximate surface area is 241 Å². The van der Waals surface area contributed by atoms with Crippen LogP contribution in [0.2, 0.25) is 0 Å². The molecule has 11 heteroatoms. The Morgan fingerprint density at radius 1 is 1.07 bits per heavy atom. The van der Waals surface area contributed by atoms with Crippen LogP contribution in [-0.4, -0.2) is 50.9 Å². The molecular weight excluding hydrogens is 542 g/mol. The maximum Gasteiger partial charge on any atom is 0.303 e. The molecule has 3 aromatic heterocycles. The molecule has 0 aliphatic heterocycles. The molecule has 5 rings (SSSR count). The number of aromatic nitrogens is 3. The van der Waals surface area contributed by atoms with Gasteiger partial charge in [-0.3, -0.25) is 14.0 Å². The highest BCUT2D eigenvalue weighted by atomic mass is 32.2. The van der Waals surface area contributed by atoms with Crippen LogP contribution in [0, 0.1) is 18.8 Å². The van der Waals surface area contributed by atoms with Crippen LogP contribution in [0.15, 0.2) is 35.5 Å². The maximum absolute atomic E-state index is 13.5.